The van der Waals surface area contributed by atoms with Gasteiger partial charge < -0.3 is 10.2 Å². The van der Waals surface area contributed by atoms with Crippen molar-refractivity contribution in [2.75, 3.05) is 6.54 Å². The van der Waals surface area contributed by atoms with Crippen molar-refractivity contribution in [2.45, 2.75) is 52.6 Å². The molecule has 2 unspecified atom stereocenters. The average molecular weight is 273 g/mol. The van der Waals surface area contributed by atoms with Crippen molar-refractivity contribution in [3.8, 4) is 0 Å². The van der Waals surface area contributed by atoms with E-state index in [1.54, 1.807) is 6.92 Å². The van der Waals surface area contributed by atoms with E-state index in [1.807, 2.05) is 13.8 Å². The fourth-order valence-corrected chi connectivity index (χ4v) is 1.90. The standard InChI is InChI=1S/C13H23NO5/c1-8(2)7-11(13(18)19)14(6-5-12(16)17)9(3)10(4)15/h8-9,11H,5-7H2,1-4H3,(H,16,17)(H,18,19). The molecule has 19 heavy (non-hydrogen) atoms. The first kappa shape index (κ1) is 17.6. The topological polar surface area (TPSA) is 94.9 Å². The fraction of sp³-hybridized carbons (Fsp3) is 0.769. The van der Waals surface area contributed by atoms with E-state index >= 15 is 0 Å². The van der Waals surface area contributed by atoms with Crippen molar-refractivity contribution < 1.29 is 24.6 Å². The van der Waals surface area contributed by atoms with Gasteiger partial charge in [-0.25, -0.2) is 0 Å². The molecule has 0 bridgehead atoms. The number of carboxylic acids is 2. The molecule has 0 amide bonds. The molecule has 0 spiro atoms. The van der Waals surface area contributed by atoms with E-state index in [1.165, 1.54) is 11.8 Å². The molecule has 0 aromatic heterocycles. The molecule has 0 aliphatic carbocycles. The van der Waals surface area contributed by atoms with Crippen molar-refractivity contribution in [1.82, 2.24) is 4.90 Å². The van der Waals surface area contributed by atoms with E-state index in [4.69, 9.17) is 5.11 Å². The van der Waals surface area contributed by atoms with Crippen LogP contribution in [0, 0.1) is 5.92 Å². The molecule has 0 saturated carbocycles. The third kappa shape index (κ3) is 6.33. The van der Waals surface area contributed by atoms with Crippen LogP contribution in [-0.2, 0) is 14.4 Å². The number of rotatable bonds is 9. The van der Waals surface area contributed by atoms with Gasteiger partial charge in [0.25, 0.3) is 0 Å². The van der Waals surface area contributed by atoms with Gasteiger partial charge in [0.05, 0.1) is 12.5 Å². The fourth-order valence-electron chi connectivity index (χ4n) is 1.90. The number of carboxylic acid groups (broad SMARTS) is 2. The van der Waals surface area contributed by atoms with Gasteiger partial charge in [0.15, 0.2) is 0 Å². The highest BCUT2D eigenvalue weighted by Gasteiger charge is 2.31. The van der Waals surface area contributed by atoms with E-state index in [2.05, 4.69) is 0 Å². The molecule has 0 rings (SSSR count). The molecule has 110 valence electrons. The first-order valence-electron chi connectivity index (χ1n) is 6.37. The number of carbonyl (C=O) groups excluding carboxylic acids is 1. The van der Waals surface area contributed by atoms with Crippen molar-refractivity contribution >= 4 is 17.7 Å². The van der Waals surface area contributed by atoms with Gasteiger partial charge in [-0.2, -0.15) is 0 Å². The van der Waals surface area contributed by atoms with Gasteiger partial charge >= 0.3 is 11.9 Å². The summed E-state index contributed by atoms with van der Waals surface area (Å²) in [5, 5.41) is 18.0. The quantitative estimate of drug-likeness (QED) is 0.656. The van der Waals surface area contributed by atoms with E-state index in [-0.39, 0.29) is 24.7 Å². The zero-order valence-corrected chi connectivity index (χ0v) is 11.9. The molecule has 2 atom stereocenters. The highest BCUT2D eigenvalue weighted by atomic mass is 16.4. The van der Waals surface area contributed by atoms with Gasteiger partial charge in [0.2, 0.25) is 0 Å². The second-order valence-electron chi connectivity index (χ2n) is 5.15. The highest BCUT2D eigenvalue weighted by Crippen LogP contribution is 2.16. The SMILES string of the molecule is CC(=O)C(C)N(CCC(=O)O)C(CC(C)C)C(=O)O. The van der Waals surface area contributed by atoms with Crippen LogP contribution in [0.1, 0.15) is 40.5 Å². The molecule has 0 aromatic rings. The smallest absolute Gasteiger partial charge is 0.320 e. The molecule has 0 radical (unpaired) electrons. The van der Waals surface area contributed by atoms with Crippen molar-refractivity contribution in [2.24, 2.45) is 5.92 Å². The first-order valence-corrected chi connectivity index (χ1v) is 6.37. The zero-order chi connectivity index (χ0) is 15.2. The van der Waals surface area contributed by atoms with Crippen LogP contribution in [0.15, 0.2) is 0 Å². The molecular formula is C13H23NO5. The van der Waals surface area contributed by atoms with Crippen LogP contribution in [0.2, 0.25) is 0 Å². The number of Topliss-reactive ketones (excluding diaryl/α,β-unsaturated/α-hetero) is 1. The summed E-state index contributed by atoms with van der Waals surface area (Å²) in [5.74, 6) is -2.05. The summed E-state index contributed by atoms with van der Waals surface area (Å²) < 4.78 is 0. The van der Waals surface area contributed by atoms with Gasteiger partial charge in [-0.3, -0.25) is 19.3 Å². The van der Waals surface area contributed by atoms with Crippen molar-refractivity contribution in [1.29, 1.82) is 0 Å². The minimum Gasteiger partial charge on any atom is -0.481 e. The third-order valence-electron chi connectivity index (χ3n) is 3.05. The maximum atomic E-state index is 11.5. The summed E-state index contributed by atoms with van der Waals surface area (Å²) >= 11 is 0. The highest BCUT2D eigenvalue weighted by molar-refractivity contribution is 5.82. The molecular weight excluding hydrogens is 250 g/mol. The summed E-state index contributed by atoms with van der Waals surface area (Å²) in [6.45, 7) is 6.83. The van der Waals surface area contributed by atoms with Crippen molar-refractivity contribution in [3.05, 3.63) is 0 Å². The molecule has 2 N–H and O–H groups in total. The Bertz CT molecular complexity index is 340. The Morgan fingerprint density at radius 3 is 1.95 bits per heavy atom. The van der Waals surface area contributed by atoms with Gasteiger partial charge in [0.1, 0.15) is 11.8 Å². The summed E-state index contributed by atoms with van der Waals surface area (Å²) in [4.78, 5) is 34.9. The minimum absolute atomic E-state index is 0.0553. The zero-order valence-electron chi connectivity index (χ0n) is 11.9. The predicted octanol–water partition coefficient (Wildman–Crippen LogP) is 1.24. The Labute approximate surface area is 113 Å². The van der Waals surface area contributed by atoms with Crippen LogP contribution in [0.25, 0.3) is 0 Å². The molecule has 0 aromatic carbocycles. The van der Waals surface area contributed by atoms with E-state index in [9.17, 15) is 19.5 Å². The lowest BCUT2D eigenvalue weighted by Gasteiger charge is -2.33. The third-order valence-corrected chi connectivity index (χ3v) is 3.05. The summed E-state index contributed by atoms with van der Waals surface area (Å²) in [5.41, 5.74) is 0. The van der Waals surface area contributed by atoms with Gasteiger partial charge in [-0.15, -0.1) is 0 Å². The van der Waals surface area contributed by atoms with Crippen LogP contribution in [-0.4, -0.2) is 51.5 Å². The Morgan fingerprint density at radius 1 is 1.11 bits per heavy atom. The number of aliphatic carboxylic acids is 2. The molecule has 0 saturated heterocycles. The lowest BCUT2D eigenvalue weighted by atomic mass is 10.00. The van der Waals surface area contributed by atoms with Crippen LogP contribution in [0.5, 0.6) is 0 Å². The van der Waals surface area contributed by atoms with Gasteiger partial charge in [-0.05, 0) is 26.2 Å². The largest absolute Gasteiger partial charge is 0.481 e. The Morgan fingerprint density at radius 2 is 1.63 bits per heavy atom. The van der Waals surface area contributed by atoms with Crippen LogP contribution < -0.4 is 0 Å². The number of hydrogen-bond acceptors (Lipinski definition) is 4. The first-order chi connectivity index (χ1) is 8.66. The van der Waals surface area contributed by atoms with Crippen LogP contribution in [0.4, 0.5) is 0 Å². The van der Waals surface area contributed by atoms with E-state index < -0.39 is 24.0 Å². The Kier molecular flexibility index (Phi) is 7.29. The summed E-state index contributed by atoms with van der Waals surface area (Å²) in [6.07, 6.45) is 0.200. The summed E-state index contributed by atoms with van der Waals surface area (Å²) in [7, 11) is 0. The number of ketones is 1. The number of nitrogens with zero attached hydrogens (tertiary/aromatic N) is 1. The average Bonchev–Trinajstić information content (AvgIpc) is 2.26. The van der Waals surface area contributed by atoms with Crippen LogP contribution in [0.3, 0.4) is 0 Å². The molecule has 0 aliphatic rings. The second kappa shape index (κ2) is 7.89. The molecule has 0 aliphatic heterocycles. The lowest BCUT2D eigenvalue weighted by molar-refractivity contribution is -0.148. The number of carbonyl (C=O) groups is 3. The molecule has 6 nitrogen and oxygen atoms in total. The monoisotopic (exact) mass is 273 g/mol. The van der Waals surface area contributed by atoms with Gasteiger partial charge in [0, 0.05) is 6.54 Å². The van der Waals surface area contributed by atoms with E-state index in [0.717, 1.165) is 0 Å². The van der Waals surface area contributed by atoms with Crippen LogP contribution >= 0.6 is 0 Å². The number of hydrogen-bond donors (Lipinski definition) is 2. The minimum atomic E-state index is -1.02. The molecule has 6 heteroatoms. The van der Waals surface area contributed by atoms with Crippen molar-refractivity contribution in [3.63, 3.8) is 0 Å². The second-order valence-corrected chi connectivity index (χ2v) is 5.15. The van der Waals surface area contributed by atoms with Gasteiger partial charge in [-0.1, -0.05) is 13.8 Å². The molecule has 0 fully saturated rings. The maximum Gasteiger partial charge on any atom is 0.320 e. The predicted molar refractivity (Wildman–Crippen MR) is 70.0 cm³/mol. The Hall–Kier alpha value is -1.43. The van der Waals surface area contributed by atoms with E-state index in [0.29, 0.717) is 6.42 Å². The normalized spacial score (nSPS) is 14.4. The summed E-state index contributed by atoms with van der Waals surface area (Å²) in [6, 6.07) is -1.43. The Balaban J connectivity index is 5.08. The lowest BCUT2D eigenvalue weighted by Crippen LogP contribution is -2.50. The molecule has 0 heterocycles. The maximum absolute atomic E-state index is 11.5.